The fourth-order valence-electron chi connectivity index (χ4n) is 2.80. The minimum Gasteiger partial charge on any atom is -0.457 e. The molecule has 0 radical (unpaired) electrons. The third-order valence-electron chi connectivity index (χ3n) is 4.26. The quantitative estimate of drug-likeness (QED) is 0.419. The number of rotatable bonds is 5. The van der Waals surface area contributed by atoms with Crippen molar-refractivity contribution in [3.05, 3.63) is 84.0 Å². The first-order valence-corrected chi connectivity index (χ1v) is 9.60. The van der Waals surface area contributed by atoms with Crippen LogP contribution >= 0.6 is 11.6 Å². The van der Waals surface area contributed by atoms with Crippen LogP contribution in [0, 0.1) is 5.82 Å². The second-order valence-corrected chi connectivity index (χ2v) is 7.05. The van der Waals surface area contributed by atoms with Gasteiger partial charge in [-0.05, 0) is 42.5 Å². The molecule has 0 unspecified atom stereocenters. The first-order valence-electron chi connectivity index (χ1n) is 9.22. The van der Waals surface area contributed by atoms with E-state index in [1.807, 2.05) is 13.2 Å². The first kappa shape index (κ1) is 20.4. The average molecular weight is 438 g/mol. The molecule has 2 aromatic heterocycles. The summed E-state index contributed by atoms with van der Waals surface area (Å²) in [6.45, 7) is 0. The molecular formula is C22H17ClFN5O2. The van der Waals surface area contributed by atoms with Crippen molar-refractivity contribution in [2.24, 2.45) is 7.05 Å². The minimum atomic E-state index is -0.634. The second-order valence-electron chi connectivity index (χ2n) is 6.61. The van der Waals surface area contributed by atoms with Crippen molar-refractivity contribution < 1.29 is 13.9 Å². The second kappa shape index (κ2) is 8.85. The number of aromatic nitrogens is 3. The van der Waals surface area contributed by atoms with Crippen LogP contribution in [0.15, 0.2) is 73.2 Å². The molecule has 2 heterocycles. The van der Waals surface area contributed by atoms with Crippen LogP contribution in [-0.2, 0) is 7.05 Å². The monoisotopic (exact) mass is 437 g/mol. The molecule has 156 valence electrons. The van der Waals surface area contributed by atoms with E-state index in [9.17, 15) is 9.18 Å². The lowest BCUT2D eigenvalue weighted by atomic mass is 10.2. The Hall–Kier alpha value is -3.91. The van der Waals surface area contributed by atoms with Gasteiger partial charge in [-0.25, -0.2) is 9.18 Å². The molecule has 4 rings (SSSR count). The third-order valence-corrected chi connectivity index (χ3v) is 4.51. The highest BCUT2D eigenvalue weighted by atomic mass is 35.5. The number of benzene rings is 2. The van der Waals surface area contributed by atoms with Crippen molar-refractivity contribution in [2.75, 3.05) is 10.6 Å². The van der Waals surface area contributed by atoms with Crippen molar-refractivity contribution in [2.45, 2.75) is 0 Å². The third kappa shape index (κ3) is 5.18. The Bertz CT molecular complexity index is 1230. The summed E-state index contributed by atoms with van der Waals surface area (Å²) in [5.41, 5.74) is 2.07. The summed E-state index contributed by atoms with van der Waals surface area (Å²) in [4.78, 5) is 16.4. The lowest BCUT2D eigenvalue weighted by molar-refractivity contribution is 0.262. The van der Waals surface area contributed by atoms with Gasteiger partial charge < -0.3 is 15.4 Å². The number of nitrogens with one attached hydrogen (secondary N) is 2. The number of hydrogen-bond donors (Lipinski definition) is 2. The minimum absolute atomic E-state index is 0.0181. The molecule has 2 N–H and O–H groups in total. The normalized spacial score (nSPS) is 10.5. The van der Waals surface area contributed by atoms with Gasteiger partial charge in [0.2, 0.25) is 0 Å². The Morgan fingerprint density at radius 1 is 1.06 bits per heavy atom. The van der Waals surface area contributed by atoms with Gasteiger partial charge in [-0.2, -0.15) is 5.10 Å². The summed E-state index contributed by atoms with van der Waals surface area (Å²) in [7, 11) is 1.82. The van der Waals surface area contributed by atoms with Gasteiger partial charge >= 0.3 is 6.03 Å². The van der Waals surface area contributed by atoms with Crippen molar-refractivity contribution in [3.8, 4) is 22.8 Å². The number of nitrogens with zero attached hydrogens (tertiary/aromatic N) is 3. The van der Waals surface area contributed by atoms with E-state index in [4.69, 9.17) is 16.3 Å². The number of urea groups is 1. The molecule has 0 aliphatic rings. The number of ether oxygens (including phenoxy) is 1. The molecular weight excluding hydrogens is 421 g/mol. The van der Waals surface area contributed by atoms with Gasteiger partial charge in [0, 0.05) is 47.8 Å². The van der Waals surface area contributed by atoms with Gasteiger partial charge in [-0.1, -0.05) is 11.6 Å². The molecule has 0 spiro atoms. The molecule has 0 bridgehead atoms. The van der Waals surface area contributed by atoms with Crippen molar-refractivity contribution in [1.82, 2.24) is 14.8 Å². The number of halogens is 2. The predicted octanol–water partition coefficient (Wildman–Crippen LogP) is 5.71. The van der Waals surface area contributed by atoms with E-state index in [2.05, 4.69) is 20.7 Å². The Labute approximate surface area is 182 Å². The van der Waals surface area contributed by atoms with Crippen LogP contribution in [0.5, 0.6) is 11.5 Å². The van der Waals surface area contributed by atoms with Crippen LogP contribution in [0.25, 0.3) is 11.3 Å². The summed E-state index contributed by atoms with van der Waals surface area (Å²) in [5, 5.41) is 9.74. The van der Waals surface area contributed by atoms with Crippen LogP contribution in [0.3, 0.4) is 0 Å². The first-order chi connectivity index (χ1) is 15.0. The Kier molecular flexibility index (Phi) is 5.81. The van der Waals surface area contributed by atoms with E-state index in [0.717, 1.165) is 5.56 Å². The highest BCUT2D eigenvalue weighted by Crippen LogP contribution is 2.28. The van der Waals surface area contributed by atoms with Gasteiger partial charge in [0.05, 0.1) is 17.6 Å². The zero-order chi connectivity index (χ0) is 21.8. The molecule has 31 heavy (non-hydrogen) atoms. The highest BCUT2D eigenvalue weighted by Gasteiger charge is 2.10. The van der Waals surface area contributed by atoms with Crippen LogP contribution < -0.4 is 15.4 Å². The SMILES string of the molecule is Cn1cc(-c2cc(Oc3ccc(NC(=O)Nc4ccc(Cl)cc4)c(F)c3)ccn2)cn1. The summed E-state index contributed by atoms with van der Waals surface area (Å²) >= 11 is 5.82. The van der Waals surface area contributed by atoms with Gasteiger partial charge in [-0.3, -0.25) is 9.67 Å². The van der Waals surface area contributed by atoms with Gasteiger partial charge in [-0.15, -0.1) is 0 Å². The van der Waals surface area contributed by atoms with E-state index in [1.54, 1.807) is 59.5 Å². The molecule has 0 atom stereocenters. The average Bonchev–Trinajstić information content (AvgIpc) is 3.18. The molecule has 0 saturated heterocycles. The molecule has 2 amide bonds. The molecule has 0 aliphatic heterocycles. The van der Waals surface area contributed by atoms with E-state index in [1.165, 1.54) is 12.1 Å². The standard InChI is InChI=1S/C22H17ClFN5O2/c1-29-13-14(12-26-29)21-11-18(8-9-25-21)31-17-6-7-20(19(24)10-17)28-22(30)27-16-4-2-15(23)3-5-16/h2-13H,1H3,(H2,27,28,30). The molecule has 2 aromatic carbocycles. The number of pyridine rings is 1. The summed E-state index contributed by atoms with van der Waals surface area (Å²) < 4.78 is 21.9. The lowest BCUT2D eigenvalue weighted by Crippen LogP contribution is -2.20. The summed E-state index contributed by atoms with van der Waals surface area (Å²) in [6, 6.07) is 13.6. The number of hydrogen-bond acceptors (Lipinski definition) is 4. The maximum atomic E-state index is 14.5. The number of amides is 2. The number of anilines is 2. The zero-order valence-electron chi connectivity index (χ0n) is 16.3. The molecule has 7 nitrogen and oxygen atoms in total. The highest BCUT2D eigenvalue weighted by molar-refractivity contribution is 6.30. The van der Waals surface area contributed by atoms with Gasteiger partial charge in [0.15, 0.2) is 0 Å². The molecule has 4 aromatic rings. The Morgan fingerprint density at radius 3 is 2.55 bits per heavy atom. The number of carbonyl (C=O) groups is 1. The molecule has 0 saturated carbocycles. The fourth-order valence-corrected chi connectivity index (χ4v) is 2.93. The topological polar surface area (TPSA) is 81.1 Å². The smallest absolute Gasteiger partial charge is 0.323 e. The molecule has 0 aliphatic carbocycles. The van der Waals surface area contributed by atoms with E-state index in [0.29, 0.717) is 22.2 Å². The largest absolute Gasteiger partial charge is 0.457 e. The molecule has 9 heteroatoms. The number of carbonyl (C=O) groups excluding carboxylic acids is 1. The van der Waals surface area contributed by atoms with E-state index in [-0.39, 0.29) is 11.4 Å². The zero-order valence-corrected chi connectivity index (χ0v) is 17.1. The van der Waals surface area contributed by atoms with Crippen LogP contribution in [0.1, 0.15) is 0 Å². The predicted molar refractivity (Wildman–Crippen MR) is 117 cm³/mol. The fraction of sp³-hybridized carbons (Fsp3) is 0.0455. The number of aryl methyl sites for hydroxylation is 1. The van der Waals surface area contributed by atoms with Crippen LogP contribution in [0.4, 0.5) is 20.6 Å². The molecule has 0 fully saturated rings. The van der Waals surface area contributed by atoms with E-state index >= 15 is 0 Å². The van der Waals surface area contributed by atoms with Crippen molar-refractivity contribution in [1.29, 1.82) is 0 Å². The summed E-state index contributed by atoms with van der Waals surface area (Å²) in [5.74, 6) is 0.143. The maximum Gasteiger partial charge on any atom is 0.323 e. The van der Waals surface area contributed by atoms with Crippen LogP contribution in [-0.4, -0.2) is 20.8 Å². The van der Waals surface area contributed by atoms with E-state index < -0.39 is 11.8 Å². The Morgan fingerprint density at radius 2 is 1.84 bits per heavy atom. The van der Waals surface area contributed by atoms with Crippen molar-refractivity contribution in [3.63, 3.8) is 0 Å². The lowest BCUT2D eigenvalue weighted by Gasteiger charge is -2.11. The van der Waals surface area contributed by atoms with Gasteiger partial charge in [0.25, 0.3) is 0 Å². The Balaban J connectivity index is 1.43. The van der Waals surface area contributed by atoms with Crippen LogP contribution in [0.2, 0.25) is 5.02 Å². The summed E-state index contributed by atoms with van der Waals surface area (Å²) in [6.07, 6.45) is 5.13. The van der Waals surface area contributed by atoms with Gasteiger partial charge in [0.1, 0.15) is 17.3 Å². The van der Waals surface area contributed by atoms with Crippen molar-refractivity contribution >= 4 is 29.0 Å². The maximum absolute atomic E-state index is 14.5.